The average Bonchev–Trinajstić information content (AvgIpc) is 2.16. The number of carbonyl (C=O) groups is 1. The maximum absolute atomic E-state index is 10.7. The summed E-state index contributed by atoms with van der Waals surface area (Å²) < 4.78 is 0.924. The van der Waals surface area contributed by atoms with Gasteiger partial charge in [0.05, 0.1) is 0 Å². The number of benzene rings is 1. The second-order valence-electron chi connectivity index (χ2n) is 2.87. The summed E-state index contributed by atoms with van der Waals surface area (Å²) in [6.45, 7) is 0. The Labute approximate surface area is 101 Å². The van der Waals surface area contributed by atoms with Crippen molar-refractivity contribution in [2.45, 2.75) is 0 Å². The number of aromatic carboxylic acids is 1. The van der Waals surface area contributed by atoms with Crippen LogP contribution >= 0.6 is 28.3 Å². The Morgan fingerprint density at radius 1 is 1.27 bits per heavy atom. The molecule has 0 aliphatic heterocycles. The lowest BCUT2D eigenvalue weighted by Crippen LogP contribution is -1.98. The van der Waals surface area contributed by atoms with Crippen LogP contribution in [0.5, 0.6) is 0 Å². The molecule has 2 rings (SSSR count). The van der Waals surface area contributed by atoms with E-state index in [0.717, 1.165) is 15.2 Å². The first-order valence-electron chi connectivity index (χ1n) is 3.95. The van der Waals surface area contributed by atoms with Crippen LogP contribution in [-0.2, 0) is 0 Å². The summed E-state index contributed by atoms with van der Waals surface area (Å²) in [7, 11) is 0. The molecule has 0 radical (unpaired) electrons. The lowest BCUT2D eigenvalue weighted by molar-refractivity contribution is 0.0691. The minimum Gasteiger partial charge on any atom is -0.477 e. The molecule has 78 valence electrons. The van der Waals surface area contributed by atoms with E-state index in [-0.39, 0.29) is 18.1 Å². The summed E-state index contributed by atoms with van der Waals surface area (Å²) in [5.74, 6) is -1.01. The molecule has 15 heavy (non-hydrogen) atoms. The predicted octanol–water partition coefficient (Wildman–Crippen LogP) is 3.12. The first kappa shape index (κ1) is 11.9. The summed E-state index contributed by atoms with van der Waals surface area (Å²) >= 11 is 3.33. The van der Waals surface area contributed by atoms with Crippen LogP contribution in [0, 0.1) is 0 Å². The van der Waals surface area contributed by atoms with Crippen LogP contribution in [0.4, 0.5) is 0 Å². The number of carboxylic acid groups (broad SMARTS) is 1. The van der Waals surface area contributed by atoms with Gasteiger partial charge in [0.25, 0.3) is 0 Å². The first-order valence-corrected chi connectivity index (χ1v) is 4.75. The minimum absolute atomic E-state index is 0. The number of rotatable bonds is 1. The third-order valence-corrected chi connectivity index (χ3v) is 2.40. The average molecular weight is 289 g/mol. The molecule has 0 amide bonds. The van der Waals surface area contributed by atoms with Crippen molar-refractivity contribution in [3.8, 4) is 0 Å². The van der Waals surface area contributed by atoms with E-state index in [1.165, 1.54) is 0 Å². The monoisotopic (exact) mass is 287 g/mol. The van der Waals surface area contributed by atoms with Crippen LogP contribution in [0.1, 0.15) is 10.5 Å². The largest absolute Gasteiger partial charge is 0.477 e. The van der Waals surface area contributed by atoms with Gasteiger partial charge in [-0.25, -0.2) is 9.78 Å². The Balaban J connectivity index is 0.00000112. The minimum atomic E-state index is -1.01. The number of aromatic nitrogens is 1. The zero-order valence-electron chi connectivity index (χ0n) is 7.48. The molecule has 0 aliphatic carbocycles. The van der Waals surface area contributed by atoms with Crippen molar-refractivity contribution in [2.75, 3.05) is 0 Å². The molecule has 0 fully saturated rings. The van der Waals surface area contributed by atoms with Gasteiger partial charge in [0, 0.05) is 16.1 Å². The molecule has 0 spiro atoms. The van der Waals surface area contributed by atoms with Gasteiger partial charge in [0.15, 0.2) is 0 Å². The van der Waals surface area contributed by atoms with Crippen LogP contribution in [0.15, 0.2) is 34.9 Å². The van der Waals surface area contributed by atoms with Crippen molar-refractivity contribution in [2.24, 2.45) is 0 Å². The molecule has 0 saturated heterocycles. The molecule has 1 heterocycles. The maximum Gasteiger partial charge on any atom is 0.354 e. The molecule has 1 N–H and O–H groups in total. The van der Waals surface area contributed by atoms with E-state index in [0.29, 0.717) is 0 Å². The number of pyridine rings is 1. The van der Waals surface area contributed by atoms with Crippen molar-refractivity contribution in [3.05, 3.63) is 40.6 Å². The number of nitrogens with zero attached hydrogens (tertiary/aromatic N) is 1. The van der Waals surface area contributed by atoms with Gasteiger partial charge in [-0.15, -0.1) is 12.4 Å². The van der Waals surface area contributed by atoms with Crippen LogP contribution in [0.25, 0.3) is 10.8 Å². The van der Waals surface area contributed by atoms with E-state index in [4.69, 9.17) is 5.11 Å². The molecule has 5 heteroatoms. The van der Waals surface area contributed by atoms with Crippen molar-refractivity contribution < 1.29 is 9.90 Å². The fraction of sp³-hybridized carbons (Fsp3) is 0. The lowest BCUT2D eigenvalue weighted by atomic mass is 10.1. The standard InChI is InChI=1S/C10H6BrNO2.ClH/c11-8-2-1-6-5-12-9(10(13)14)4-7(6)3-8;/h1-5H,(H,13,14);1H. The van der Waals surface area contributed by atoms with Gasteiger partial charge in [-0.3, -0.25) is 0 Å². The van der Waals surface area contributed by atoms with Gasteiger partial charge in [-0.1, -0.05) is 22.0 Å². The highest BCUT2D eigenvalue weighted by Gasteiger charge is 2.04. The van der Waals surface area contributed by atoms with E-state index in [1.54, 1.807) is 12.3 Å². The number of hydrogen-bond donors (Lipinski definition) is 1. The summed E-state index contributed by atoms with van der Waals surface area (Å²) in [4.78, 5) is 14.5. The van der Waals surface area contributed by atoms with Crippen molar-refractivity contribution in [1.29, 1.82) is 0 Å². The van der Waals surface area contributed by atoms with E-state index >= 15 is 0 Å². The fourth-order valence-electron chi connectivity index (χ4n) is 1.23. The van der Waals surface area contributed by atoms with Crippen LogP contribution in [0.2, 0.25) is 0 Å². The van der Waals surface area contributed by atoms with E-state index in [1.807, 2.05) is 18.2 Å². The zero-order chi connectivity index (χ0) is 10.1. The Morgan fingerprint density at radius 3 is 2.67 bits per heavy atom. The van der Waals surface area contributed by atoms with E-state index in [2.05, 4.69) is 20.9 Å². The van der Waals surface area contributed by atoms with Gasteiger partial charge >= 0.3 is 5.97 Å². The molecular formula is C10H7BrClNO2. The Hall–Kier alpha value is -1.13. The number of carboxylic acids is 1. The number of hydrogen-bond acceptors (Lipinski definition) is 2. The fourth-order valence-corrected chi connectivity index (χ4v) is 1.61. The topological polar surface area (TPSA) is 50.2 Å². The molecule has 1 aromatic heterocycles. The third-order valence-electron chi connectivity index (χ3n) is 1.90. The van der Waals surface area contributed by atoms with Crippen LogP contribution in [0.3, 0.4) is 0 Å². The Bertz CT molecular complexity index is 516. The van der Waals surface area contributed by atoms with Crippen molar-refractivity contribution in [1.82, 2.24) is 4.98 Å². The highest BCUT2D eigenvalue weighted by atomic mass is 79.9. The van der Waals surface area contributed by atoms with Gasteiger partial charge in [0.1, 0.15) is 5.69 Å². The quantitative estimate of drug-likeness (QED) is 0.877. The molecule has 0 bridgehead atoms. The van der Waals surface area contributed by atoms with Crippen molar-refractivity contribution >= 4 is 45.1 Å². The number of fused-ring (bicyclic) bond motifs is 1. The molecule has 0 saturated carbocycles. The first-order chi connectivity index (χ1) is 6.66. The summed E-state index contributed by atoms with van der Waals surface area (Å²) in [6.07, 6.45) is 1.56. The Morgan fingerprint density at radius 2 is 2.00 bits per heavy atom. The smallest absolute Gasteiger partial charge is 0.354 e. The molecule has 1 aromatic carbocycles. The molecule has 3 nitrogen and oxygen atoms in total. The lowest BCUT2D eigenvalue weighted by Gasteiger charge is -1.99. The Kier molecular flexibility index (Phi) is 3.66. The maximum atomic E-state index is 10.7. The van der Waals surface area contributed by atoms with Gasteiger partial charge < -0.3 is 5.11 Å². The zero-order valence-corrected chi connectivity index (χ0v) is 9.88. The van der Waals surface area contributed by atoms with E-state index < -0.39 is 5.97 Å². The SMILES string of the molecule is Cl.O=C(O)c1cc2cc(Br)ccc2cn1. The highest BCUT2D eigenvalue weighted by molar-refractivity contribution is 9.10. The predicted molar refractivity (Wildman–Crippen MR) is 63.7 cm³/mol. The van der Waals surface area contributed by atoms with Crippen molar-refractivity contribution in [3.63, 3.8) is 0 Å². The molecule has 0 atom stereocenters. The molecular weight excluding hydrogens is 281 g/mol. The van der Waals surface area contributed by atoms with Crippen LogP contribution < -0.4 is 0 Å². The van der Waals surface area contributed by atoms with Gasteiger partial charge in [-0.2, -0.15) is 0 Å². The number of halogens is 2. The molecule has 0 unspecified atom stereocenters. The van der Waals surface area contributed by atoms with Crippen LogP contribution in [-0.4, -0.2) is 16.1 Å². The summed E-state index contributed by atoms with van der Waals surface area (Å²) in [5.41, 5.74) is 0.0654. The van der Waals surface area contributed by atoms with Gasteiger partial charge in [-0.05, 0) is 23.6 Å². The summed E-state index contributed by atoms with van der Waals surface area (Å²) in [6, 6.07) is 7.20. The van der Waals surface area contributed by atoms with Gasteiger partial charge in [0.2, 0.25) is 0 Å². The normalized spacial score (nSPS) is 9.67. The molecule has 2 aromatic rings. The molecule has 0 aliphatic rings. The summed E-state index contributed by atoms with van der Waals surface area (Å²) in [5, 5.41) is 10.5. The second-order valence-corrected chi connectivity index (χ2v) is 3.78. The third kappa shape index (κ3) is 2.46. The highest BCUT2D eigenvalue weighted by Crippen LogP contribution is 2.19. The van der Waals surface area contributed by atoms with E-state index in [9.17, 15) is 4.79 Å². The second kappa shape index (κ2) is 4.59.